The van der Waals surface area contributed by atoms with Gasteiger partial charge in [0.05, 0.1) is 13.2 Å². The predicted molar refractivity (Wildman–Crippen MR) is 112 cm³/mol. The predicted octanol–water partition coefficient (Wildman–Crippen LogP) is 4.00. The van der Waals surface area contributed by atoms with E-state index in [1.807, 2.05) is 36.4 Å². The van der Waals surface area contributed by atoms with E-state index in [9.17, 15) is 0 Å². The normalized spacial score (nSPS) is 14.8. The number of nitrogens with two attached hydrogens (primary N) is 1. The summed E-state index contributed by atoms with van der Waals surface area (Å²) in [7, 11) is 0. The molecule has 3 rings (SSSR count). The van der Waals surface area contributed by atoms with Crippen LogP contribution >= 0.6 is 24.0 Å². The lowest BCUT2D eigenvalue weighted by atomic mass is 10.0. The maximum Gasteiger partial charge on any atom is 0.193 e. The van der Waals surface area contributed by atoms with Gasteiger partial charge >= 0.3 is 0 Å². The van der Waals surface area contributed by atoms with Crippen molar-refractivity contribution < 1.29 is 9.47 Å². The first kappa shape index (κ1) is 19.4. The Bertz CT molecular complexity index is 707. The van der Waals surface area contributed by atoms with Crippen molar-refractivity contribution in [3.8, 4) is 11.5 Å². The van der Waals surface area contributed by atoms with E-state index in [0.717, 1.165) is 23.6 Å². The van der Waals surface area contributed by atoms with Crippen LogP contribution in [0, 0.1) is 0 Å². The molecule has 1 aliphatic rings. The largest absolute Gasteiger partial charge is 0.490 e. The maximum absolute atomic E-state index is 6.01. The van der Waals surface area contributed by atoms with E-state index in [1.54, 1.807) is 0 Å². The van der Waals surface area contributed by atoms with Crippen molar-refractivity contribution in [2.75, 3.05) is 25.1 Å². The van der Waals surface area contributed by atoms with Crippen LogP contribution in [0.2, 0.25) is 0 Å². The number of halogens is 1. The summed E-state index contributed by atoms with van der Waals surface area (Å²) in [5.41, 5.74) is 8.10. The average Bonchev–Trinajstić information content (AvgIpc) is 2.85. The van der Waals surface area contributed by atoms with E-state index in [2.05, 4.69) is 29.4 Å². The fraction of sp³-hybridized carbons (Fsp3) is 0.316. The van der Waals surface area contributed by atoms with Crippen LogP contribution in [0.1, 0.15) is 24.8 Å². The first-order chi connectivity index (χ1) is 11.7. The minimum atomic E-state index is 0. The van der Waals surface area contributed by atoms with Crippen molar-refractivity contribution in [2.45, 2.75) is 19.3 Å². The molecular weight excluding hydrogens is 429 g/mol. The molecule has 1 heterocycles. The zero-order valence-electron chi connectivity index (χ0n) is 14.3. The van der Waals surface area contributed by atoms with Gasteiger partial charge in [0.15, 0.2) is 17.5 Å². The summed E-state index contributed by atoms with van der Waals surface area (Å²) in [5.74, 6) is 2.22. The monoisotopic (exact) mass is 453 g/mol. The van der Waals surface area contributed by atoms with Crippen LogP contribution < -0.4 is 20.5 Å². The SMILES string of the molecule is CC(CN=C(N)Nc1ccc2c(c1)OCCCO2)c1ccccc1.I. The fourth-order valence-corrected chi connectivity index (χ4v) is 2.55. The zero-order chi connectivity index (χ0) is 16.8. The molecule has 0 saturated heterocycles. The third kappa shape index (κ3) is 5.52. The van der Waals surface area contributed by atoms with E-state index in [0.29, 0.717) is 31.6 Å². The number of hydrogen-bond acceptors (Lipinski definition) is 3. The number of nitrogens with zero attached hydrogens (tertiary/aromatic N) is 1. The van der Waals surface area contributed by atoms with Crippen molar-refractivity contribution in [2.24, 2.45) is 10.7 Å². The standard InChI is InChI=1S/C19H23N3O2.HI/c1-14(15-6-3-2-4-7-15)13-21-19(20)22-16-8-9-17-18(12-16)24-11-5-10-23-17;/h2-4,6-9,12,14H,5,10-11,13H2,1H3,(H3,20,21,22);1H. The van der Waals surface area contributed by atoms with E-state index < -0.39 is 0 Å². The van der Waals surface area contributed by atoms with Gasteiger partial charge in [-0.25, -0.2) is 0 Å². The summed E-state index contributed by atoms with van der Waals surface area (Å²) in [5, 5.41) is 3.11. The zero-order valence-corrected chi connectivity index (χ0v) is 16.6. The van der Waals surface area contributed by atoms with Crippen LogP contribution in [0.15, 0.2) is 53.5 Å². The lowest BCUT2D eigenvalue weighted by Crippen LogP contribution is -2.23. The highest BCUT2D eigenvalue weighted by Crippen LogP contribution is 2.32. The highest BCUT2D eigenvalue weighted by molar-refractivity contribution is 14.0. The second kappa shape index (κ2) is 9.50. The van der Waals surface area contributed by atoms with Gasteiger partial charge < -0.3 is 20.5 Å². The Balaban J connectivity index is 0.00000225. The summed E-state index contributed by atoms with van der Waals surface area (Å²) in [6.07, 6.45) is 0.887. The van der Waals surface area contributed by atoms with E-state index in [-0.39, 0.29) is 24.0 Å². The van der Waals surface area contributed by atoms with E-state index in [1.165, 1.54) is 5.56 Å². The molecule has 1 atom stereocenters. The summed E-state index contributed by atoms with van der Waals surface area (Å²) in [6, 6.07) is 16.0. The number of rotatable bonds is 4. The molecule has 0 amide bonds. The molecule has 0 fully saturated rings. The van der Waals surface area contributed by atoms with Crippen LogP contribution in [-0.4, -0.2) is 25.7 Å². The molecule has 0 saturated carbocycles. The molecule has 0 spiro atoms. The Hall–Kier alpha value is -1.96. The first-order valence-corrected chi connectivity index (χ1v) is 8.24. The van der Waals surface area contributed by atoms with Gasteiger partial charge in [-0.15, -0.1) is 24.0 Å². The maximum atomic E-state index is 6.01. The van der Waals surface area contributed by atoms with Crippen molar-refractivity contribution in [1.29, 1.82) is 0 Å². The number of benzene rings is 2. The molecule has 0 aliphatic carbocycles. The molecule has 6 heteroatoms. The lowest BCUT2D eigenvalue weighted by molar-refractivity contribution is 0.297. The Kier molecular flexibility index (Phi) is 7.36. The van der Waals surface area contributed by atoms with Crippen LogP contribution in [0.4, 0.5) is 5.69 Å². The number of guanidine groups is 1. The summed E-state index contributed by atoms with van der Waals surface area (Å²) in [6.45, 7) is 4.11. The Morgan fingerprint density at radius 2 is 1.84 bits per heavy atom. The number of hydrogen-bond donors (Lipinski definition) is 2. The van der Waals surface area contributed by atoms with Crippen molar-refractivity contribution in [3.63, 3.8) is 0 Å². The van der Waals surface area contributed by atoms with E-state index >= 15 is 0 Å². The Labute approximate surface area is 165 Å². The summed E-state index contributed by atoms with van der Waals surface area (Å²) >= 11 is 0. The summed E-state index contributed by atoms with van der Waals surface area (Å²) < 4.78 is 11.3. The highest BCUT2D eigenvalue weighted by Gasteiger charge is 2.11. The van der Waals surface area contributed by atoms with Crippen molar-refractivity contribution >= 4 is 35.6 Å². The van der Waals surface area contributed by atoms with Crippen molar-refractivity contribution in [3.05, 3.63) is 54.1 Å². The second-order valence-electron chi connectivity index (χ2n) is 5.87. The van der Waals surface area contributed by atoms with Gasteiger partial charge in [0.2, 0.25) is 0 Å². The molecule has 5 nitrogen and oxygen atoms in total. The lowest BCUT2D eigenvalue weighted by Gasteiger charge is -2.12. The smallest absolute Gasteiger partial charge is 0.193 e. The Morgan fingerprint density at radius 1 is 1.12 bits per heavy atom. The van der Waals surface area contributed by atoms with Crippen LogP contribution in [0.25, 0.3) is 0 Å². The molecule has 134 valence electrons. The number of anilines is 1. The van der Waals surface area contributed by atoms with Gasteiger partial charge in [-0.3, -0.25) is 4.99 Å². The van der Waals surface area contributed by atoms with Crippen LogP contribution in [0.3, 0.4) is 0 Å². The second-order valence-corrected chi connectivity index (χ2v) is 5.87. The molecule has 0 bridgehead atoms. The van der Waals surface area contributed by atoms with E-state index in [4.69, 9.17) is 15.2 Å². The average molecular weight is 453 g/mol. The third-order valence-electron chi connectivity index (χ3n) is 3.92. The van der Waals surface area contributed by atoms with Gasteiger partial charge in [-0.2, -0.15) is 0 Å². The molecule has 1 aliphatic heterocycles. The van der Waals surface area contributed by atoms with Gasteiger partial charge in [0, 0.05) is 30.6 Å². The minimum Gasteiger partial charge on any atom is -0.490 e. The molecule has 25 heavy (non-hydrogen) atoms. The molecule has 2 aromatic rings. The molecule has 1 unspecified atom stereocenters. The van der Waals surface area contributed by atoms with Gasteiger partial charge in [-0.1, -0.05) is 37.3 Å². The van der Waals surface area contributed by atoms with Gasteiger partial charge in [-0.05, 0) is 17.7 Å². The summed E-state index contributed by atoms with van der Waals surface area (Å²) in [4.78, 5) is 4.44. The number of nitrogens with one attached hydrogen (secondary N) is 1. The van der Waals surface area contributed by atoms with Gasteiger partial charge in [0.25, 0.3) is 0 Å². The van der Waals surface area contributed by atoms with Crippen LogP contribution in [-0.2, 0) is 0 Å². The quantitative estimate of drug-likeness (QED) is 0.417. The number of aliphatic imine (C=N–C) groups is 1. The minimum absolute atomic E-state index is 0. The first-order valence-electron chi connectivity index (χ1n) is 8.24. The molecule has 3 N–H and O–H groups in total. The molecular formula is C19H24IN3O2. The van der Waals surface area contributed by atoms with Crippen LogP contribution in [0.5, 0.6) is 11.5 Å². The molecule has 2 aromatic carbocycles. The number of fused-ring (bicyclic) bond motifs is 1. The third-order valence-corrected chi connectivity index (χ3v) is 3.92. The molecule has 0 aromatic heterocycles. The van der Waals surface area contributed by atoms with Gasteiger partial charge in [0.1, 0.15) is 0 Å². The molecule has 0 radical (unpaired) electrons. The Morgan fingerprint density at radius 3 is 2.60 bits per heavy atom. The highest BCUT2D eigenvalue weighted by atomic mass is 127. The van der Waals surface area contributed by atoms with Crippen molar-refractivity contribution in [1.82, 2.24) is 0 Å². The topological polar surface area (TPSA) is 68.9 Å². The number of ether oxygens (including phenoxy) is 2. The fourth-order valence-electron chi connectivity index (χ4n) is 2.55.